The van der Waals surface area contributed by atoms with Gasteiger partial charge in [-0.15, -0.1) is 0 Å². The molecule has 1 aliphatic heterocycles. The van der Waals surface area contributed by atoms with Crippen molar-refractivity contribution in [1.29, 1.82) is 0 Å². The number of unbranched alkanes of at least 4 members (excludes halogenated alkanes) is 1. The van der Waals surface area contributed by atoms with Crippen molar-refractivity contribution in [1.82, 2.24) is 5.32 Å². The molecule has 174 valence electrons. The van der Waals surface area contributed by atoms with E-state index in [4.69, 9.17) is 19.3 Å². The number of fused-ring (bicyclic) bond motifs is 4. The van der Waals surface area contributed by atoms with Crippen molar-refractivity contribution >= 4 is 27.5 Å². The molecule has 0 spiro atoms. The maximum absolute atomic E-state index is 10.7. The number of carboxylic acid groups (broad SMARTS) is 1. The van der Waals surface area contributed by atoms with Gasteiger partial charge in [0.1, 0.15) is 12.4 Å². The number of carbonyl (C=O) groups is 1. The van der Waals surface area contributed by atoms with E-state index >= 15 is 0 Å². The molecule has 0 unspecified atom stereocenters. The van der Waals surface area contributed by atoms with Crippen LogP contribution in [0.1, 0.15) is 30.4 Å². The Bertz CT molecular complexity index is 1320. The minimum absolute atomic E-state index is 0.208. The van der Waals surface area contributed by atoms with E-state index in [1.165, 1.54) is 5.56 Å². The first-order valence-electron chi connectivity index (χ1n) is 11.6. The van der Waals surface area contributed by atoms with Gasteiger partial charge in [-0.25, -0.2) is 0 Å². The summed E-state index contributed by atoms with van der Waals surface area (Å²) in [5.74, 6) is 1.59. The lowest BCUT2D eigenvalue weighted by atomic mass is 9.96. The predicted octanol–water partition coefficient (Wildman–Crippen LogP) is 5.65. The summed E-state index contributed by atoms with van der Waals surface area (Å²) in [6, 6.07) is 22.6. The van der Waals surface area contributed by atoms with Crippen LogP contribution in [-0.4, -0.2) is 24.4 Å². The third-order valence-corrected chi connectivity index (χ3v) is 6.06. The molecule has 2 N–H and O–H groups in total. The zero-order valence-corrected chi connectivity index (χ0v) is 18.9. The van der Waals surface area contributed by atoms with Gasteiger partial charge in [-0.1, -0.05) is 36.4 Å². The number of ether oxygens (including phenoxy) is 3. The quantitative estimate of drug-likeness (QED) is 0.237. The van der Waals surface area contributed by atoms with Crippen molar-refractivity contribution in [2.75, 3.05) is 13.3 Å². The maximum atomic E-state index is 10.7. The van der Waals surface area contributed by atoms with E-state index in [0.717, 1.165) is 57.3 Å². The van der Waals surface area contributed by atoms with Crippen LogP contribution in [0.2, 0.25) is 0 Å². The second-order valence-corrected chi connectivity index (χ2v) is 8.47. The molecular formula is C28H27NO5. The van der Waals surface area contributed by atoms with Crippen molar-refractivity contribution in [3.63, 3.8) is 0 Å². The molecule has 0 radical (unpaired) electrons. The highest BCUT2D eigenvalue weighted by Crippen LogP contribution is 2.40. The molecule has 4 aromatic rings. The number of nitrogens with one attached hydrogen (secondary N) is 1. The van der Waals surface area contributed by atoms with Gasteiger partial charge in [0, 0.05) is 13.0 Å². The average molecular weight is 458 g/mol. The lowest BCUT2D eigenvalue weighted by Gasteiger charge is -2.14. The summed E-state index contributed by atoms with van der Waals surface area (Å²) in [4.78, 5) is 10.7. The van der Waals surface area contributed by atoms with Gasteiger partial charge in [0.15, 0.2) is 11.5 Å². The Morgan fingerprint density at radius 2 is 1.74 bits per heavy atom. The standard InChI is InChI=1S/C28H27NO5/c30-28(31)8-4-5-11-29-16-21-12-20-13-26-27(34-18-33-26)15-24(20)25-14-22(9-10-23(21)25)32-17-19-6-2-1-3-7-19/h1-3,6-7,9-10,12-15,29H,4-5,8,11,16-18H2,(H,30,31). The fourth-order valence-corrected chi connectivity index (χ4v) is 4.33. The number of hydrogen-bond donors (Lipinski definition) is 2. The predicted molar refractivity (Wildman–Crippen MR) is 132 cm³/mol. The smallest absolute Gasteiger partial charge is 0.303 e. The van der Waals surface area contributed by atoms with Crippen molar-refractivity contribution < 1.29 is 24.1 Å². The summed E-state index contributed by atoms with van der Waals surface area (Å²) >= 11 is 0. The Labute approximate surface area is 198 Å². The van der Waals surface area contributed by atoms with Gasteiger partial charge in [0.25, 0.3) is 0 Å². The van der Waals surface area contributed by atoms with Gasteiger partial charge in [0.2, 0.25) is 6.79 Å². The van der Waals surface area contributed by atoms with Crippen LogP contribution < -0.4 is 19.5 Å². The maximum Gasteiger partial charge on any atom is 0.303 e. The molecule has 0 atom stereocenters. The van der Waals surface area contributed by atoms with E-state index in [-0.39, 0.29) is 13.2 Å². The van der Waals surface area contributed by atoms with Crippen LogP contribution in [0.5, 0.6) is 17.2 Å². The monoisotopic (exact) mass is 457 g/mol. The fourth-order valence-electron chi connectivity index (χ4n) is 4.33. The Balaban J connectivity index is 1.43. The average Bonchev–Trinajstić information content (AvgIpc) is 3.31. The molecule has 0 amide bonds. The molecule has 6 heteroatoms. The summed E-state index contributed by atoms with van der Waals surface area (Å²) in [6.07, 6.45) is 1.71. The van der Waals surface area contributed by atoms with Crippen LogP contribution in [-0.2, 0) is 17.9 Å². The highest BCUT2D eigenvalue weighted by molar-refractivity contribution is 6.10. The molecule has 0 saturated heterocycles. The molecule has 5 rings (SSSR count). The Hall–Kier alpha value is -3.77. The normalized spacial score (nSPS) is 12.4. The molecule has 4 aromatic carbocycles. The number of carboxylic acids is 1. The second-order valence-electron chi connectivity index (χ2n) is 8.47. The second kappa shape index (κ2) is 10.0. The van der Waals surface area contributed by atoms with Crippen molar-refractivity contribution in [3.05, 3.63) is 77.9 Å². The SMILES string of the molecule is O=C(O)CCCCNCc1cc2cc3c(cc2c2cc(OCc4ccccc4)ccc12)OCO3. The van der Waals surface area contributed by atoms with E-state index in [1.54, 1.807) is 0 Å². The van der Waals surface area contributed by atoms with E-state index < -0.39 is 5.97 Å². The number of hydrogen-bond acceptors (Lipinski definition) is 5. The minimum atomic E-state index is -0.746. The molecule has 34 heavy (non-hydrogen) atoms. The lowest BCUT2D eigenvalue weighted by Crippen LogP contribution is -2.15. The molecule has 6 nitrogen and oxygen atoms in total. The molecule has 1 aliphatic rings. The van der Waals surface area contributed by atoms with Gasteiger partial charge in [-0.3, -0.25) is 4.79 Å². The van der Waals surface area contributed by atoms with Gasteiger partial charge in [0.05, 0.1) is 0 Å². The lowest BCUT2D eigenvalue weighted by molar-refractivity contribution is -0.137. The van der Waals surface area contributed by atoms with Crippen LogP contribution in [0.25, 0.3) is 21.5 Å². The van der Waals surface area contributed by atoms with Crippen LogP contribution in [0.15, 0.2) is 66.7 Å². The zero-order chi connectivity index (χ0) is 23.3. The van der Waals surface area contributed by atoms with E-state index in [2.05, 4.69) is 35.6 Å². The van der Waals surface area contributed by atoms with Crippen LogP contribution in [0.3, 0.4) is 0 Å². The minimum Gasteiger partial charge on any atom is -0.489 e. The molecule has 0 bridgehead atoms. The third kappa shape index (κ3) is 4.92. The largest absolute Gasteiger partial charge is 0.489 e. The van der Waals surface area contributed by atoms with E-state index in [1.807, 2.05) is 36.4 Å². The van der Waals surface area contributed by atoms with Crippen LogP contribution in [0, 0.1) is 0 Å². The topological polar surface area (TPSA) is 77.0 Å². The van der Waals surface area contributed by atoms with Crippen molar-refractivity contribution in [2.24, 2.45) is 0 Å². The van der Waals surface area contributed by atoms with Crippen LogP contribution >= 0.6 is 0 Å². The summed E-state index contributed by atoms with van der Waals surface area (Å²) < 4.78 is 17.3. The molecule has 0 fully saturated rings. The first-order chi connectivity index (χ1) is 16.7. The first kappa shape index (κ1) is 22.0. The Morgan fingerprint density at radius 3 is 2.56 bits per heavy atom. The van der Waals surface area contributed by atoms with Gasteiger partial charge >= 0.3 is 5.97 Å². The van der Waals surface area contributed by atoms with Crippen molar-refractivity contribution in [3.8, 4) is 17.2 Å². The molecular weight excluding hydrogens is 430 g/mol. The molecule has 0 aromatic heterocycles. The summed E-state index contributed by atoms with van der Waals surface area (Å²) in [7, 11) is 0. The highest BCUT2D eigenvalue weighted by Gasteiger charge is 2.17. The van der Waals surface area contributed by atoms with Crippen LogP contribution in [0.4, 0.5) is 0 Å². The van der Waals surface area contributed by atoms with E-state index in [9.17, 15) is 4.79 Å². The van der Waals surface area contributed by atoms with Gasteiger partial charge in [-0.05, 0) is 82.4 Å². The number of benzene rings is 4. The summed E-state index contributed by atoms with van der Waals surface area (Å²) in [6.45, 7) is 2.21. The summed E-state index contributed by atoms with van der Waals surface area (Å²) in [5.41, 5.74) is 2.30. The number of aliphatic carboxylic acids is 1. The van der Waals surface area contributed by atoms with E-state index in [0.29, 0.717) is 19.6 Å². The first-order valence-corrected chi connectivity index (χ1v) is 11.6. The van der Waals surface area contributed by atoms with Crippen molar-refractivity contribution in [2.45, 2.75) is 32.4 Å². The summed E-state index contributed by atoms with van der Waals surface area (Å²) in [5, 5.41) is 16.7. The zero-order valence-electron chi connectivity index (χ0n) is 18.9. The molecule has 0 saturated carbocycles. The fraction of sp³-hybridized carbons (Fsp3) is 0.250. The Kier molecular flexibility index (Phi) is 6.49. The molecule has 0 aliphatic carbocycles. The highest BCUT2D eigenvalue weighted by atomic mass is 16.7. The number of rotatable bonds is 10. The van der Waals surface area contributed by atoms with Gasteiger partial charge < -0.3 is 24.6 Å². The Morgan fingerprint density at radius 1 is 0.912 bits per heavy atom. The molecule has 1 heterocycles. The van der Waals surface area contributed by atoms with Gasteiger partial charge in [-0.2, -0.15) is 0 Å². The third-order valence-electron chi connectivity index (χ3n) is 6.06.